The molecule has 0 aliphatic rings. The van der Waals surface area contributed by atoms with Gasteiger partial charge in [-0.2, -0.15) is 18.9 Å². The van der Waals surface area contributed by atoms with Crippen molar-refractivity contribution in [1.29, 1.82) is 0 Å². The van der Waals surface area contributed by atoms with E-state index in [2.05, 4.69) is 10.2 Å². The highest BCUT2D eigenvalue weighted by molar-refractivity contribution is 8.11. The van der Waals surface area contributed by atoms with Gasteiger partial charge in [-0.05, 0) is 62.9 Å². The fourth-order valence-electron chi connectivity index (χ4n) is 0.422. The Morgan fingerprint density at radius 1 is 0.867 bits per heavy atom. The van der Waals surface area contributed by atoms with Crippen LogP contribution in [0.25, 0.3) is 0 Å². The van der Waals surface area contributed by atoms with Crippen LogP contribution in [0.5, 0.6) is 0 Å². The molecule has 0 radical (unpaired) electrons. The zero-order valence-corrected chi connectivity index (χ0v) is 22.7. The number of hydrogen-bond acceptors (Lipinski definition) is 9. The molecule has 0 bridgehead atoms. The van der Waals surface area contributed by atoms with Gasteiger partial charge in [-0.1, -0.05) is 0 Å². The van der Waals surface area contributed by atoms with Gasteiger partial charge in [-0.15, -0.1) is 9.53 Å². The minimum atomic E-state index is -3.38. The minimum Gasteiger partial charge on any atom is -0.323 e. The van der Waals surface area contributed by atoms with Crippen molar-refractivity contribution in [3.05, 3.63) is 0 Å². The summed E-state index contributed by atoms with van der Waals surface area (Å²) in [6.07, 6.45) is 3.12. The maximum Gasteiger partial charge on any atom is 0.373 e. The average Bonchev–Trinajstić information content (AvgIpc) is 2.46. The first-order chi connectivity index (χ1) is 13.2. The molecule has 190 valence electrons. The third-order valence-electron chi connectivity index (χ3n) is 1.68. The molecule has 0 fully saturated rings. The Bertz CT molecular complexity index is 401. The van der Waals surface area contributed by atoms with Gasteiger partial charge in [-0.3, -0.25) is 14.6 Å². The van der Waals surface area contributed by atoms with Crippen molar-refractivity contribution in [2.24, 2.45) is 0 Å². The van der Waals surface area contributed by atoms with Gasteiger partial charge >= 0.3 is 6.15 Å². The summed E-state index contributed by atoms with van der Waals surface area (Å²) in [4.78, 5) is 27.1. The van der Waals surface area contributed by atoms with Gasteiger partial charge in [0.1, 0.15) is 0 Å². The maximum absolute atomic E-state index is 11.0. The van der Waals surface area contributed by atoms with E-state index >= 15 is 0 Å². The van der Waals surface area contributed by atoms with Crippen LogP contribution in [0.15, 0.2) is 0 Å². The topological polar surface area (TPSA) is 132 Å². The Labute approximate surface area is 184 Å². The highest BCUT2D eigenvalue weighted by Crippen LogP contribution is 2.12. The predicted octanol–water partition coefficient (Wildman–Crippen LogP) is 1.22. The van der Waals surface area contributed by atoms with E-state index < -0.39 is 9.53 Å². The van der Waals surface area contributed by atoms with Crippen LogP contribution < -0.4 is 5.32 Å². The lowest BCUT2D eigenvalue weighted by Crippen LogP contribution is -2.43. The SMILES string of the molecule is CC(C)ON(C)C.CC(C)OO.CN(C)C.CN(C)S(C)(C)(=O)O.CNC.O=C=O. The zero-order valence-electron chi connectivity index (χ0n) is 21.8. The lowest BCUT2D eigenvalue weighted by atomic mass is 10.5. The second-order valence-electron chi connectivity index (χ2n) is 7.56. The molecule has 0 heterocycles. The Kier molecular flexibility index (Phi) is 37.8. The Hall–Kier alpha value is -0.790. The number of nitrogens with zero attached hydrogens (tertiary/aromatic N) is 3. The summed E-state index contributed by atoms with van der Waals surface area (Å²) in [7, 11) is 13.3. The molecule has 0 unspecified atom stereocenters. The van der Waals surface area contributed by atoms with Crippen molar-refractivity contribution in [1.82, 2.24) is 19.6 Å². The minimum absolute atomic E-state index is 0.0602. The number of nitrogens with one attached hydrogen (secondary N) is 1. The van der Waals surface area contributed by atoms with E-state index in [0.717, 1.165) is 0 Å². The van der Waals surface area contributed by atoms with Gasteiger partial charge in [0, 0.05) is 40.7 Å². The number of hydroxylamine groups is 2. The number of rotatable bonds is 4. The standard InChI is InChI=1S/C5H13NO.C4H13NO2S.C3H9N.C3H8O2.C2H7N.CO2/c1-5(2)7-6(3)4;1-5(2)8(3,4,6)7;1-4(2)3;1-3(2)5-4;1-3-2;2-1-3/h5H,1-4H3;1-4H3,(H,6,7);1-3H3;3-4H,1-2H3;3H,1-2H3;. The second kappa shape index (κ2) is 26.2. The van der Waals surface area contributed by atoms with E-state index in [1.54, 1.807) is 33.0 Å². The van der Waals surface area contributed by atoms with E-state index in [9.17, 15) is 4.21 Å². The van der Waals surface area contributed by atoms with Crippen molar-refractivity contribution in [2.45, 2.75) is 39.9 Å². The fraction of sp³-hybridized carbons (Fsp3) is 0.944. The molecule has 3 N–H and O–H groups in total. The van der Waals surface area contributed by atoms with Gasteiger partial charge in [0.05, 0.1) is 12.2 Å². The van der Waals surface area contributed by atoms with E-state index in [0.29, 0.717) is 6.10 Å². The van der Waals surface area contributed by atoms with E-state index in [4.69, 9.17) is 24.2 Å². The highest BCUT2D eigenvalue weighted by atomic mass is 32.3. The first kappa shape index (κ1) is 43.2. The van der Waals surface area contributed by atoms with Crippen molar-refractivity contribution in [3.8, 4) is 0 Å². The Balaban J connectivity index is -0.0000000602. The lowest BCUT2D eigenvalue weighted by Gasteiger charge is -2.40. The highest BCUT2D eigenvalue weighted by Gasteiger charge is 2.14. The van der Waals surface area contributed by atoms with Gasteiger partial charge < -0.3 is 10.2 Å². The second-order valence-corrected chi connectivity index (χ2v) is 11.7. The summed E-state index contributed by atoms with van der Waals surface area (Å²) >= 11 is 0. The lowest BCUT2D eigenvalue weighted by molar-refractivity contribution is -0.269. The van der Waals surface area contributed by atoms with Crippen LogP contribution in [0, 0.1) is 0 Å². The van der Waals surface area contributed by atoms with Crippen LogP contribution in [-0.2, 0) is 28.8 Å². The molecule has 0 saturated heterocycles. The molecule has 0 aromatic rings. The summed E-state index contributed by atoms with van der Waals surface area (Å²) in [5, 5.41) is 12.1. The van der Waals surface area contributed by atoms with Crippen molar-refractivity contribution >= 4 is 15.7 Å². The molecule has 11 nitrogen and oxygen atoms in total. The van der Waals surface area contributed by atoms with E-state index in [-0.39, 0.29) is 12.3 Å². The zero-order chi connectivity index (χ0) is 26.2. The summed E-state index contributed by atoms with van der Waals surface area (Å²) in [5.41, 5.74) is 0. The quantitative estimate of drug-likeness (QED) is 0.410. The molecule has 0 saturated carbocycles. The van der Waals surface area contributed by atoms with Crippen LogP contribution in [0.2, 0.25) is 0 Å². The van der Waals surface area contributed by atoms with Gasteiger partial charge in [0.2, 0.25) is 0 Å². The largest absolute Gasteiger partial charge is 0.373 e. The molecule has 30 heavy (non-hydrogen) atoms. The third-order valence-corrected chi connectivity index (χ3v) is 3.76. The third kappa shape index (κ3) is 107. The van der Waals surface area contributed by atoms with Crippen LogP contribution in [0.1, 0.15) is 27.7 Å². The van der Waals surface area contributed by atoms with E-state index in [1.807, 2.05) is 68.1 Å². The molecule has 0 aromatic heterocycles. The fourth-order valence-corrected chi connectivity index (χ4v) is 0.422. The van der Waals surface area contributed by atoms with E-state index in [1.165, 1.54) is 16.8 Å². The van der Waals surface area contributed by atoms with Crippen molar-refractivity contribution in [2.75, 3.05) is 75.9 Å². The molecule has 0 amide bonds. The van der Waals surface area contributed by atoms with Crippen LogP contribution in [-0.4, -0.2) is 123 Å². The molecule has 0 rings (SSSR count). The van der Waals surface area contributed by atoms with Gasteiger partial charge in [0.25, 0.3) is 0 Å². The van der Waals surface area contributed by atoms with Gasteiger partial charge in [-0.25, -0.2) is 9.19 Å². The normalized spacial score (nSPS) is 11.1. The summed E-state index contributed by atoms with van der Waals surface area (Å²) in [5.74, 6) is 0. The summed E-state index contributed by atoms with van der Waals surface area (Å²) < 4.78 is 21.3. The molecule has 0 atom stereocenters. The Morgan fingerprint density at radius 3 is 1.03 bits per heavy atom. The predicted molar refractivity (Wildman–Crippen MR) is 125 cm³/mol. The molecule has 0 aliphatic heterocycles. The smallest absolute Gasteiger partial charge is 0.323 e. The monoisotopic (exact) mass is 466 g/mol. The number of hydrogen-bond donors (Lipinski definition) is 3. The number of carbonyl (C=O) groups excluding carboxylic acids is 2. The molecular formula is C18H50N4O7S. The molecule has 12 heteroatoms. The maximum atomic E-state index is 11.0. The van der Waals surface area contributed by atoms with Crippen molar-refractivity contribution < 1.29 is 33.3 Å². The summed E-state index contributed by atoms with van der Waals surface area (Å²) in [6, 6.07) is 0. The molecule has 0 spiro atoms. The average molecular weight is 467 g/mol. The molecular weight excluding hydrogens is 416 g/mol. The van der Waals surface area contributed by atoms with Crippen LogP contribution >= 0.6 is 0 Å². The van der Waals surface area contributed by atoms with Crippen LogP contribution in [0.3, 0.4) is 0 Å². The molecule has 0 aromatic carbocycles. The van der Waals surface area contributed by atoms with Gasteiger partial charge in [0.15, 0.2) is 0 Å². The summed E-state index contributed by atoms with van der Waals surface area (Å²) in [6.45, 7) is 7.50. The van der Waals surface area contributed by atoms with Crippen LogP contribution in [0.4, 0.5) is 0 Å². The first-order valence-electron chi connectivity index (χ1n) is 9.03. The molecule has 0 aliphatic carbocycles. The Morgan fingerprint density at radius 2 is 1.03 bits per heavy atom. The van der Waals surface area contributed by atoms with Crippen molar-refractivity contribution in [3.63, 3.8) is 0 Å². The first-order valence-corrected chi connectivity index (χ1v) is 11.7.